The summed E-state index contributed by atoms with van der Waals surface area (Å²) in [6, 6.07) is 0.665. The maximum Gasteiger partial charge on any atom is 0.0697 e. The van der Waals surface area contributed by atoms with Crippen molar-refractivity contribution in [2.75, 3.05) is 46.5 Å². The SMILES string of the molecule is CN1CCC(NCCCOCCO)C1. The number of nitrogens with zero attached hydrogens (tertiary/aromatic N) is 1. The summed E-state index contributed by atoms with van der Waals surface area (Å²) in [6.07, 6.45) is 2.29. The Hall–Kier alpha value is -0.160. The van der Waals surface area contributed by atoms with E-state index in [1.165, 1.54) is 13.0 Å². The van der Waals surface area contributed by atoms with E-state index in [4.69, 9.17) is 9.84 Å². The van der Waals surface area contributed by atoms with Gasteiger partial charge in [0.15, 0.2) is 0 Å². The van der Waals surface area contributed by atoms with Crippen molar-refractivity contribution in [3.05, 3.63) is 0 Å². The van der Waals surface area contributed by atoms with Crippen LogP contribution in [-0.2, 0) is 4.74 Å². The van der Waals surface area contributed by atoms with Gasteiger partial charge in [0.2, 0.25) is 0 Å². The number of hydrogen-bond donors (Lipinski definition) is 2. The second-order valence-electron chi connectivity index (χ2n) is 3.89. The van der Waals surface area contributed by atoms with Crippen LogP contribution in [0.3, 0.4) is 0 Å². The number of aliphatic hydroxyl groups excluding tert-OH is 1. The standard InChI is InChI=1S/C10H22N2O2/c1-12-5-3-10(9-12)11-4-2-7-14-8-6-13/h10-11,13H,2-9H2,1H3. The molecular weight excluding hydrogens is 180 g/mol. The number of hydrogen-bond acceptors (Lipinski definition) is 4. The van der Waals surface area contributed by atoms with Gasteiger partial charge in [-0.3, -0.25) is 0 Å². The van der Waals surface area contributed by atoms with Crippen molar-refractivity contribution in [3.63, 3.8) is 0 Å². The molecule has 1 saturated heterocycles. The van der Waals surface area contributed by atoms with Gasteiger partial charge < -0.3 is 20.1 Å². The molecule has 14 heavy (non-hydrogen) atoms. The number of rotatable bonds is 7. The number of nitrogens with one attached hydrogen (secondary N) is 1. The maximum atomic E-state index is 8.48. The number of likely N-dealkylation sites (tertiary alicyclic amines) is 1. The van der Waals surface area contributed by atoms with E-state index >= 15 is 0 Å². The van der Waals surface area contributed by atoms with E-state index < -0.39 is 0 Å². The Morgan fingerprint density at radius 3 is 3.00 bits per heavy atom. The molecule has 0 aromatic rings. The molecule has 0 aromatic heterocycles. The highest BCUT2D eigenvalue weighted by atomic mass is 16.5. The maximum absolute atomic E-state index is 8.48. The minimum absolute atomic E-state index is 0.126. The van der Waals surface area contributed by atoms with Crippen LogP contribution in [0.15, 0.2) is 0 Å². The lowest BCUT2D eigenvalue weighted by Gasteiger charge is -2.12. The van der Waals surface area contributed by atoms with Crippen LogP contribution in [0.5, 0.6) is 0 Å². The fraction of sp³-hybridized carbons (Fsp3) is 1.00. The molecule has 1 unspecified atom stereocenters. The smallest absolute Gasteiger partial charge is 0.0697 e. The van der Waals surface area contributed by atoms with Crippen LogP contribution in [0.1, 0.15) is 12.8 Å². The van der Waals surface area contributed by atoms with Crippen molar-refractivity contribution in [3.8, 4) is 0 Å². The highest BCUT2D eigenvalue weighted by molar-refractivity contribution is 4.78. The van der Waals surface area contributed by atoms with Gasteiger partial charge in [0, 0.05) is 19.2 Å². The molecule has 1 rings (SSSR count). The summed E-state index contributed by atoms with van der Waals surface area (Å²) in [5, 5.41) is 12.0. The molecular formula is C10H22N2O2. The van der Waals surface area contributed by atoms with Crippen LogP contribution >= 0.6 is 0 Å². The van der Waals surface area contributed by atoms with Crippen molar-refractivity contribution < 1.29 is 9.84 Å². The van der Waals surface area contributed by atoms with Crippen LogP contribution < -0.4 is 5.32 Å². The number of aliphatic hydroxyl groups is 1. The first-order valence-corrected chi connectivity index (χ1v) is 5.43. The molecule has 1 atom stereocenters. The fourth-order valence-corrected chi connectivity index (χ4v) is 1.75. The Kier molecular flexibility index (Phi) is 6.10. The third-order valence-electron chi connectivity index (χ3n) is 2.53. The molecule has 0 bridgehead atoms. The molecule has 4 nitrogen and oxygen atoms in total. The summed E-state index contributed by atoms with van der Waals surface area (Å²) in [4.78, 5) is 2.35. The minimum Gasteiger partial charge on any atom is -0.394 e. The zero-order valence-corrected chi connectivity index (χ0v) is 9.04. The van der Waals surface area contributed by atoms with E-state index in [0.717, 1.165) is 26.1 Å². The molecule has 0 radical (unpaired) electrons. The van der Waals surface area contributed by atoms with Crippen molar-refractivity contribution in [1.29, 1.82) is 0 Å². The topological polar surface area (TPSA) is 44.7 Å². The van der Waals surface area contributed by atoms with Gasteiger partial charge in [-0.2, -0.15) is 0 Å². The molecule has 1 fully saturated rings. The Labute approximate surface area is 86.2 Å². The summed E-state index contributed by atoms with van der Waals surface area (Å²) < 4.78 is 5.17. The summed E-state index contributed by atoms with van der Waals surface area (Å²) in [7, 11) is 2.16. The molecule has 0 amide bonds. The average Bonchev–Trinajstić information content (AvgIpc) is 2.58. The van der Waals surface area contributed by atoms with E-state index in [9.17, 15) is 0 Å². The lowest BCUT2D eigenvalue weighted by atomic mass is 10.2. The number of likely N-dealkylation sites (N-methyl/N-ethyl adjacent to an activating group) is 1. The van der Waals surface area contributed by atoms with Gasteiger partial charge in [-0.15, -0.1) is 0 Å². The van der Waals surface area contributed by atoms with E-state index in [1.807, 2.05) is 0 Å². The molecule has 0 aliphatic carbocycles. The quantitative estimate of drug-likeness (QED) is 0.555. The van der Waals surface area contributed by atoms with Crippen LogP contribution in [0, 0.1) is 0 Å². The van der Waals surface area contributed by atoms with Crippen molar-refractivity contribution in [2.24, 2.45) is 0 Å². The predicted molar refractivity (Wildman–Crippen MR) is 56.4 cm³/mol. The lowest BCUT2D eigenvalue weighted by molar-refractivity contribution is 0.0904. The zero-order chi connectivity index (χ0) is 10.2. The molecule has 1 aliphatic rings. The summed E-state index contributed by atoms with van der Waals surface area (Å²) in [5.41, 5.74) is 0. The Balaban J connectivity index is 1.84. The van der Waals surface area contributed by atoms with Gasteiger partial charge in [0.25, 0.3) is 0 Å². The summed E-state index contributed by atoms with van der Waals surface area (Å²) in [6.45, 7) is 4.73. The van der Waals surface area contributed by atoms with Gasteiger partial charge in [-0.25, -0.2) is 0 Å². The molecule has 0 saturated carbocycles. The van der Waals surface area contributed by atoms with Crippen molar-refractivity contribution in [2.45, 2.75) is 18.9 Å². The van der Waals surface area contributed by atoms with Gasteiger partial charge >= 0.3 is 0 Å². The van der Waals surface area contributed by atoms with Crippen LogP contribution in [0.2, 0.25) is 0 Å². The Morgan fingerprint density at radius 2 is 2.36 bits per heavy atom. The molecule has 4 heteroatoms. The van der Waals surface area contributed by atoms with Crippen molar-refractivity contribution >= 4 is 0 Å². The normalized spacial score (nSPS) is 23.1. The summed E-state index contributed by atoms with van der Waals surface area (Å²) in [5.74, 6) is 0. The minimum atomic E-state index is 0.126. The molecule has 1 heterocycles. The van der Waals surface area contributed by atoms with E-state index in [0.29, 0.717) is 12.6 Å². The van der Waals surface area contributed by atoms with E-state index in [2.05, 4.69) is 17.3 Å². The number of ether oxygens (including phenoxy) is 1. The van der Waals surface area contributed by atoms with Crippen LogP contribution in [-0.4, -0.2) is 62.6 Å². The van der Waals surface area contributed by atoms with E-state index in [-0.39, 0.29) is 6.61 Å². The second-order valence-corrected chi connectivity index (χ2v) is 3.89. The highest BCUT2D eigenvalue weighted by Crippen LogP contribution is 2.05. The molecule has 0 aromatic carbocycles. The first-order valence-electron chi connectivity index (χ1n) is 5.43. The van der Waals surface area contributed by atoms with Crippen molar-refractivity contribution in [1.82, 2.24) is 10.2 Å². The second kappa shape index (κ2) is 7.17. The third kappa shape index (κ3) is 4.91. The molecule has 2 N–H and O–H groups in total. The average molecular weight is 202 g/mol. The van der Waals surface area contributed by atoms with Gasteiger partial charge in [-0.05, 0) is 33.0 Å². The Morgan fingerprint density at radius 1 is 1.50 bits per heavy atom. The van der Waals surface area contributed by atoms with Gasteiger partial charge in [0.05, 0.1) is 13.2 Å². The highest BCUT2D eigenvalue weighted by Gasteiger charge is 2.17. The largest absolute Gasteiger partial charge is 0.394 e. The summed E-state index contributed by atoms with van der Waals surface area (Å²) >= 11 is 0. The van der Waals surface area contributed by atoms with Crippen LogP contribution in [0.4, 0.5) is 0 Å². The Bertz CT molecular complexity index is 144. The monoisotopic (exact) mass is 202 g/mol. The predicted octanol–water partition coefficient (Wildman–Crippen LogP) is -0.321. The van der Waals surface area contributed by atoms with Crippen LogP contribution in [0.25, 0.3) is 0 Å². The first kappa shape index (κ1) is 11.9. The molecule has 84 valence electrons. The third-order valence-corrected chi connectivity index (χ3v) is 2.53. The fourth-order valence-electron chi connectivity index (χ4n) is 1.75. The lowest BCUT2D eigenvalue weighted by Crippen LogP contribution is -2.32. The first-order chi connectivity index (χ1) is 6.83. The molecule has 0 spiro atoms. The zero-order valence-electron chi connectivity index (χ0n) is 9.04. The molecule has 1 aliphatic heterocycles. The van der Waals surface area contributed by atoms with Gasteiger partial charge in [-0.1, -0.05) is 0 Å². The van der Waals surface area contributed by atoms with E-state index in [1.54, 1.807) is 0 Å². The van der Waals surface area contributed by atoms with Gasteiger partial charge in [0.1, 0.15) is 0 Å².